The number of hydrazine groups is 1. The van der Waals surface area contributed by atoms with Crippen LogP contribution in [-0.4, -0.2) is 71.7 Å². The first-order valence-electron chi connectivity index (χ1n) is 11.7. The minimum Gasteiger partial charge on any atom is -0.398 e. The summed E-state index contributed by atoms with van der Waals surface area (Å²) in [4.78, 5) is 21.6. The van der Waals surface area contributed by atoms with Gasteiger partial charge in [-0.3, -0.25) is 15.2 Å². The van der Waals surface area contributed by atoms with Crippen molar-refractivity contribution in [2.75, 3.05) is 49.2 Å². The van der Waals surface area contributed by atoms with Crippen molar-refractivity contribution in [3.05, 3.63) is 58.9 Å². The number of benzene rings is 1. The Morgan fingerprint density at radius 1 is 1.25 bits per heavy atom. The van der Waals surface area contributed by atoms with E-state index in [-0.39, 0.29) is 11.6 Å². The summed E-state index contributed by atoms with van der Waals surface area (Å²) in [6.07, 6.45) is 1.71. The second kappa shape index (κ2) is 10.2. The highest BCUT2D eigenvalue weighted by atomic mass is 16.1. The van der Waals surface area contributed by atoms with E-state index in [0.29, 0.717) is 39.7 Å². The number of carbonyl (C=O) groups is 1. The van der Waals surface area contributed by atoms with Crippen LogP contribution in [0.1, 0.15) is 25.0 Å². The molecule has 9 N–H and O–H groups in total. The van der Waals surface area contributed by atoms with Crippen LogP contribution in [0, 0.1) is 5.41 Å². The van der Waals surface area contributed by atoms with Crippen LogP contribution < -0.4 is 33.0 Å². The zero-order valence-electron chi connectivity index (χ0n) is 20.7. The van der Waals surface area contributed by atoms with Gasteiger partial charge in [0.05, 0.1) is 17.3 Å². The molecule has 12 nitrogen and oxygen atoms in total. The molecule has 3 heterocycles. The summed E-state index contributed by atoms with van der Waals surface area (Å²) in [6, 6.07) is 8.35. The fraction of sp³-hybridized carbons (Fsp3) is 0.333. The van der Waals surface area contributed by atoms with Crippen molar-refractivity contribution in [1.29, 1.82) is 5.41 Å². The molecule has 2 aromatic rings. The van der Waals surface area contributed by atoms with Gasteiger partial charge in [0.1, 0.15) is 5.82 Å². The van der Waals surface area contributed by atoms with Gasteiger partial charge >= 0.3 is 0 Å². The highest BCUT2D eigenvalue weighted by Crippen LogP contribution is 2.26. The number of nitrogens with zero attached hydrogens (tertiary/aromatic N) is 5. The molecule has 12 heteroatoms. The Hall–Kier alpha value is -4.16. The lowest BCUT2D eigenvalue weighted by molar-refractivity contribution is -0.113. The van der Waals surface area contributed by atoms with E-state index in [0.717, 1.165) is 32.0 Å². The third kappa shape index (κ3) is 4.68. The van der Waals surface area contributed by atoms with Crippen molar-refractivity contribution in [3.8, 4) is 0 Å². The highest BCUT2D eigenvalue weighted by Gasteiger charge is 2.34. The first-order valence-corrected chi connectivity index (χ1v) is 11.7. The molecule has 36 heavy (non-hydrogen) atoms. The summed E-state index contributed by atoms with van der Waals surface area (Å²) >= 11 is 0. The quantitative estimate of drug-likeness (QED) is 0.150. The van der Waals surface area contributed by atoms with Crippen LogP contribution in [0.5, 0.6) is 0 Å². The third-order valence-electron chi connectivity index (χ3n) is 6.67. The number of piperazine rings is 1. The number of hydrogen-bond donors (Lipinski definition) is 6. The normalized spacial score (nSPS) is 19.6. The number of rotatable bonds is 5. The minimum atomic E-state index is -0.449. The van der Waals surface area contributed by atoms with Crippen LogP contribution in [0.3, 0.4) is 0 Å². The maximum Gasteiger partial charge on any atom is 0.255 e. The van der Waals surface area contributed by atoms with Crippen LogP contribution in [0.2, 0.25) is 0 Å². The summed E-state index contributed by atoms with van der Waals surface area (Å²) in [6.45, 7) is 7.12. The average Bonchev–Trinajstić information content (AvgIpc) is 2.89. The van der Waals surface area contributed by atoms with E-state index in [2.05, 4.69) is 25.6 Å². The van der Waals surface area contributed by atoms with Crippen LogP contribution in [0.25, 0.3) is 0 Å². The van der Waals surface area contributed by atoms with E-state index in [1.807, 2.05) is 13.0 Å². The summed E-state index contributed by atoms with van der Waals surface area (Å²) in [7, 11) is 1.74. The van der Waals surface area contributed by atoms with Crippen molar-refractivity contribution in [1.82, 2.24) is 20.2 Å². The molecule has 0 aliphatic carbocycles. The number of amides is 1. The van der Waals surface area contributed by atoms with Crippen molar-refractivity contribution in [3.63, 3.8) is 0 Å². The Balaban J connectivity index is 1.58. The van der Waals surface area contributed by atoms with E-state index in [4.69, 9.17) is 22.8 Å². The molecule has 1 fully saturated rings. The molecule has 2 aliphatic rings. The van der Waals surface area contributed by atoms with Gasteiger partial charge in [0.25, 0.3) is 5.91 Å². The van der Waals surface area contributed by atoms with Crippen LogP contribution in [-0.2, 0) is 4.79 Å². The van der Waals surface area contributed by atoms with E-state index < -0.39 is 6.04 Å². The molecule has 1 aromatic heterocycles. The van der Waals surface area contributed by atoms with Crippen LogP contribution in [0.4, 0.5) is 17.2 Å². The van der Waals surface area contributed by atoms with Gasteiger partial charge in [-0.05, 0) is 44.2 Å². The molecular weight excluding hydrogens is 458 g/mol. The lowest BCUT2D eigenvalue weighted by Gasteiger charge is -2.39. The topological polar surface area (TPSA) is 178 Å². The van der Waals surface area contributed by atoms with E-state index in [9.17, 15) is 4.79 Å². The zero-order valence-corrected chi connectivity index (χ0v) is 20.7. The molecule has 0 bridgehead atoms. The number of carbonyl (C=O) groups excluding carboxylic acids is 1. The van der Waals surface area contributed by atoms with E-state index in [1.54, 1.807) is 49.3 Å². The second-order valence-corrected chi connectivity index (χ2v) is 8.84. The Labute approximate surface area is 210 Å². The Bertz CT molecular complexity index is 1230. The monoisotopic (exact) mass is 491 g/mol. The molecule has 4 rings (SSSR count). The molecule has 1 atom stereocenters. The lowest BCUT2D eigenvalue weighted by atomic mass is 10.00. The Morgan fingerprint density at radius 3 is 2.67 bits per heavy atom. The number of hydrazone groups is 1. The number of anilines is 3. The predicted octanol–water partition coefficient (Wildman–Crippen LogP) is 0.441. The van der Waals surface area contributed by atoms with Crippen molar-refractivity contribution < 1.29 is 4.79 Å². The number of guanidine groups is 1. The molecule has 0 spiro atoms. The molecule has 2 aliphatic heterocycles. The van der Waals surface area contributed by atoms with Crippen molar-refractivity contribution in [2.45, 2.75) is 19.9 Å². The number of hydrogen-bond acceptors (Lipinski definition) is 9. The molecule has 0 unspecified atom stereocenters. The van der Waals surface area contributed by atoms with Gasteiger partial charge in [0.15, 0.2) is 0 Å². The van der Waals surface area contributed by atoms with Crippen molar-refractivity contribution in [2.24, 2.45) is 16.8 Å². The van der Waals surface area contributed by atoms with Gasteiger partial charge in [-0.1, -0.05) is 0 Å². The number of nitrogen functional groups attached to an aromatic ring is 1. The maximum atomic E-state index is 13.3. The predicted molar refractivity (Wildman–Crippen MR) is 142 cm³/mol. The molecular formula is C24H33N11O. The lowest BCUT2D eigenvalue weighted by Crippen LogP contribution is -2.57. The fourth-order valence-corrected chi connectivity index (χ4v) is 4.47. The third-order valence-corrected chi connectivity index (χ3v) is 6.67. The second-order valence-electron chi connectivity index (χ2n) is 8.84. The molecule has 0 saturated carbocycles. The molecule has 0 radical (unpaired) electrons. The van der Waals surface area contributed by atoms with Gasteiger partial charge < -0.3 is 32.0 Å². The van der Waals surface area contributed by atoms with Gasteiger partial charge in [0.2, 0.25) is 5.96 Å². The van der Waals surface area contributed by atoms with Gasteiger partial charge in [-0.15, -0.1) is 5.10 Å². The Morgan fingerprint density at radius 2 is 1.97 bits per heavy atom. The first-order chi connectivity index (χ1) is 17.2. The van der Waals surface area contributed by atoms with Gasteiger partial charge in [-0.2, -0.15) is 0 Å². The molecule has 1 amide bonds. The zero-order chi connectivity index (χ0) is 26.0. The minimum absolute atomic E-state index is 0.250. The number of aromatic nitrogens is 1. The van der Waals surface area contributed by atoms with Crippen molar-refractivity contribution >= 4 is 34.8 Å². The van der Waals surface area contributed by atoms with E-state index >= 15 is 0 Å². The molecule has 1 aromatic carbocycles. The van der Waals surface area contributed by atoms with Gasteiger partial charge in [-0.25, -0.2) is 10.8 Å². The number of nitrogens with one attached hydrogen (secondary N) is 3. The average molecular weight is 492 g/mol. The molecule has 190 valence electrons. The standard InChI is InChI=1S/C24H33N11O/c1-14-21(15(2)35(28)24(32-27)33(14)3)23(36)31-17-4-5-19(25)18(13-17)22(26)16-6-7-30-20(12-16)34-10-8-29-9-11-34/h4-7,12-13,15,26,29H,8-11,25,27-28H2,1-3H3,(H,31,36)/b26-22?,32-24-/t15-/m1/s1. The summed E-state index contributed by atoms with van der Waals surface area (Å²) in [5.41, 5.74) is 9.83. The smallest absolute Gasteiger partial charge is 0.255 e. The van der Waals surface area contributed by atoms with Crippen LogP contribution >= 0.6 is 0 Å². The number of allylic oxidation sites excluding steroid dienone is 1. The first kappa shape index (κ1) is 24.9. The number of pyridine rings is 1. The molecule has 1 saturated heterocycles. The summed E-state index contributed by atoms with van der Waals surface area (Å²) < 4.78 is 0. The highest BCUT2D eigenvalue weighted by molar-refractivity contribution is 6.15. The summed E-state index contributed by atoms with van der Waals surface area (Å²) in [5, 5.41) is 20.2. The largest absolute Gasteiger partial charge is 0.398 e. The summed E-state index contributed by atoms with van der Waals surface area (Å²) in [5.74, 6) is 12.5. The SMILES string of the molecule is CC1=C(C(=O)Nc2ccc(N)c(C(=N)c3ccnc(N4CCNCC4)c3)c2)[C@@H](C)N(N)/C(=N\N)N1C. The van der Waals surface area contributed by atoms with E-state index in [1.165, 1.54) is 5.01 Å². The van der Waals surface area contributed by atoms with Crippen LogP contribution in [0.15, 0.2) is 52.9 Å². The maximum absolute atomic E-state index is 13.3. The van der Waals surface area contributed by atoms with Gasteiger partial charge in [0, 0.05) is 67.6 Å². The fourth-order valence-electron chi connectivity index (χ4n) is 4.47. The number of nitrogens with two attached hydrogens (primary N) is 3. The Kier molecular flexibility index (Phi) is 7.08.